The quantitative estimate of drug-likeness (QED) is 0.0169. The summed E-state index contributed by atoms with van der Waals surface area (Å²) in [4.78, 5) is 72.7. The highest BCUT2D eigenvalue weighted by Crippen LogP contribution is 2.45. The maximum atomic E-state index is 13.0. The van der Waals surface area contributed by atoms with E-state index in [0.717, 1.165) is 127 Å². The zero-order valence-corrected chi connectivity index (χ0v) is 61.3. The van der Waals surface area contributed by atoms with E-state index in [-0.39, 0.29) is 25.7 Å². The van der Waals surface area contributed by atoms with Crippen LogP contribution in [0, 0.1) is 17.8 Å². The number of allylic oxidation sites excluding steroid dienone is 4. The van der Waals surface area contributed by atoms with Gasteiger partial charge >= 0.3 is 39.5 Å². The van der Waals surface area contributed by atoms with Gasteiger partial charge in [-0.1, -0.05) is 291 Å². The number of rotatable bonds is 69. The Hall–Kier alpha value is -2.46. The first-order valence-electron chi connectivity index (χ1n) is 37.2. The number of ether oxygens (including phenoxy) is 4. The van der Waals surface area contributed by atoms with Crippen molar-refractivity contribution in [3.63, 3.8) is 0 Å². The van der Waals surface area contributed by atoms with Crippen molar-refractivity contribution >= 4 is 39.5 Å². The predicted octanol–water partition coefficient (Wildman–Crippen LogP) is 20.6. The Bertz CT molecular complexity index is 1900. The largest absolute Gasteiger partial charge is 0.472 e. The molecule has 0 aliphatic heterocycles. The van der Waals surface area contributed by atoms with Crippen LogP contribution in [0.15, 0.2) is 24.3 Å². The number of phosphoric ester groups is 2. The number of carbonyl (C=O) groups is 4. The second kappa shape index (κ2) is 63.3. The van der Waals surface area contributed by atoms with Crippen molar-refractivity contribution < 1.29 is 80.2 Å². The molecule has 542 valence electrons. The Morgan fingerprint density at radius 1 is 0.359 bits per heavy atom. The highest BCUT2D eigenvalue weighted by atomic mass is 31.2. The van der Waals surface area contributed by atoms with E-state index in [0.29, 0.717) is 25.7 Å². The lowest BCUT2D eigenvalue weighted by Crippen LogP contribution is -2.30. The average Bonchev–Trinajstić information content (AvgIpc) is 2.07. The molecule has 0 aliphatic rings. The third kappa shape index (κ3) is 64.9. The van der Waals surface area contributed by atoms with Gasteiger partial charge in [-0.05, 0) is 69.1 Å². The fourth-order valence-electron chi connectivity index (χ4n) is 10.5. The molecular weight excluding hydrogens is 1210 g/mol. The Labute approximate surface area is 561 Å². The zero-order valence-electron chi connectivity index (χ0n) is 59.5. The van der Waals surface area contributed by atoms with Gasteiger partial charge in [-0.15, -0.1) is 0 Å². The maximum absolute atomic E-state index is 13.0. The fourth-order valence-corrected chi connectivity index (χ4v) is 12.1. The van der Waals surface area contributed by atoms with Crippen LogP contribution in [0.4, 0.5) is 0 Å². The minimum absolute atomic E-state index is 0.0837. The molecule has 92 heavy (non-hydrogen) atoms. The molecule has 0 bridgehead atoms. The molecule has 0 radical (unpaired) electrons. The van der Waals surface area contributed by atoms with Crippen LogP contribution in [0.2, 0.25) is 0 Å². The molecule has 3 unspecified atom stereocenters. The molecule has 0 saturated carbocycles. The SMILES string of the molecule is CCCCCC/C=C\C=C/CCCCCCCC(=O)O[C@H](COC(=O)CCCCCCCCC(C)CC)COP(=O)(O)OC[C@H](O)COP(=O)(O)OC[C@@H](COC(=O)CCCCCCCCCCCCC(C)C)OC(=O)CCCCCCCCCCCCCC(C)C. The summed E-state index contributed by atoms with van der Waals surface area (Å²) in [5.41, 5.74) is 0. The van der Waals surface area contributed by atoms with Crippen molar-refractivity contribution in [2.75, 3.05) is 39.6 Å². The van der Waals surface area contributed by atoms with E-state index in [1.165, 1.54) is 135 Å². The van der Waals surface area contributed by atoms with Crippen molar-refractivity contribution in [3.8, 4) is 0 Å². The topological polar surface area (TPSA) is 237 Å². The van der Waals surface area contributed by atoms with Crippen LogP contribution >= 0.6 is 15.6 Å². The van der Waals surface area contributed by atoms with Gasteiger partial charge in [0.25, 0.3) is 0 Å². The lowest BCUT2D eigenvalue weighted by molar-refractivity contribution is -0.161. The van der Waals surface area contributed by atoms with Gasteiger partial charge in [0.2, 0.25) is 0 Å². The third-order valence-corrected chi connectivity index (χ3v) is 18.5. The summed E-state index contributed by atoms with van der Waals surface area (Å²) in [6.45, 7) is 11.8. The average molecular weight is 1350 g/mol. The van der Waals surface area contributed by atoms with E-state index in [2.05, 4.69) is 72.8 Å². The molecule has 0 fully saturated rings. The van der Waals surface area contributed by atoms with Crippen molar-refractivity contribution in [1.82, 2.24) is 0 Å². The zero-order chi connectivity index (χ0) is 68.0. The monoisotopic (exact) mass is 1350 g/mol. The highest BCUT2D eigenvalue weighted by Gasteiger charge is 2.30. The Morgan fingerprint density at radius 2 is 0.641 bits per heavy atom. The van der Waals surface area contributed by atoms with E-state index in [9.17, 15) is 43.2 Å². The minimum Gasteiger partial charge on any atom is -0.462 e. The van der Waals surface area contributed by atoms with Crippen LogP contribution < -0.4 is 0 Å². The van der Waals surface area contributed by atoms with Gasteiger partial charge in [0.05, 0.1) is 26.4 Å². The summed E-state index contributed by atoms with van der Waals surface area (Å²) >= 11 is 0. The molecule has 6 atom stereocenters. The number of carbonyl (C=O) groups excluding carboxylic acids is 4. The first-order chi connectivity index (χ1) is 44.3. The smallest absolute Gasteiger partial charge is 0.462 e. The first-order valence-corrected chi connectivity index (χ1v) is 40.2. The number of hydrogen-bond donors (Lipinski definition) is 3. The van der Waals surface area contributed by atoms with Crippen molar-refractivity contribution in [2.45, 2.75) is 362 Å². The summed E-state index contributed by atoms with van der Waals surface area (Å²) in [6, 6.07) is 0. The van der Waals surface area contributed by atoms with Crippen LogP contribution in [-0.2, 0) is 65.4 Å². The van der Waals surface area contributed by atoms with E-state index in [4.69, 9.17) is 37.0 Å². The number of phosphoric acid groups is 2. The normalized spacial score (nSPS) is 14.6. The molecule has 0 amide bonds. The predicted molar refractivity (Wildman–Crippen MR) is 372 cm³/mol. The second-order valence-electron chi connectivity index (χ2n) is 26.8. The summed E-state index contributed by atoms with van der Waals surface area (Å²) in [7, 11) is -9.92. The molecule has 19 heteroatoms. The minimum atomic E-state index is -4.96. The molecule has 0 aromatic rings. The Kier molecular flexibility index (Phi) is 61.6. The van der Waals surface area contributed by atoms with Crippen molar-refractivity contribution in [2.24, 2.45) is 17.8 Å². The molecule has 0 spiro atoms. The van der Waals surface area contributed by atoms with E-state index in [1.807, 2.05) is 0 Å². The van der Waals surface area contributed by atoms with E-state index in [1.54, 1.807) is 0 Å². The highest BCUT2D eigenvalue weighted by molar-refractivity contribution is 7.47. The molecule has 0 aromatic carbocycles. The number of hydrogen-bond acceptors (Lipinski definition) is 15. The van der Waals surface area contributed by atoms with Gasteiger partial charge in [0.1, 0.15) is 19.3 Å². The van der Waals surface area contributed by atoms with Crippen LogP contribution in [0.25, 0.3) is 0 Å². The summed E-state index contributed by atoms with van der Waals surface area (Å²) < 4.78 is 68.4. The van der Waals surface area contributed by atoms with Gasteiger partial charge in [-0.3, -0.25) is 37.3 Å². The Balaban J connectivity index is 5.30. The summed E-state index contributed by atoms with van der Waals surface area (Å²) in [6.07, 6.45) is 50.7. The van der Waals surface area contributed by atoms with Gasteiger partial charge in [0.15, 0.2) is 12.2 Å². The third-order valence-electron chi connectivity index (χ3n) is 16.6. The standard InChI is InChI=1S/C73H138O17P2/c1-8-10-11-12-13-14-15-16-17-18-21-28-33-42-49-56-72(77)90-69(61-84-71(76)55-48-41-36-35-39-46-53-66(7)9-2)63-88-92(81,82)86-59-67(74)58-85-91(79,80)87-62-68(60-83-70(75)54-47-40-32-27-24-23-26-31-38-45-52-65(5)6)89-73(78)57-50-43-34-29-22-19-20-25-30-37-44-51-64(3)4/h14-17,64-69,74H,8-13,18-63H2,1-7H3,(H,79,80)(H,81,82)/b15-14-,17-16-/t66?,67-,68-,69-/m1/s1. The summed E-state index contributed by atoms with van der Waals surface area (Å²) in [5.74, 6) is 0.0944. The lowest BCUT2D eigenvalue weighted by Gasteiger charge is -2.21. The van der Waals surface area contributed by atoms with Crippen LogP contribution in [0.5, 0.6) is 0 Å². The van der Waals surface area contributed by atoms with E-state index >= 15 is 0 Å². The van der Waals surface area contributed by atoms with Gasteiger partial charge in [-0.25, -0.2) is 9.13 Å². The van der Waals surface area contributed by atoms with Gasteiger partial charge < -0.3 is 33.8 Å². The maximum Gasteiger partial charge on any atom is 0.472 e. The number of esters is 4. The van der Waals surface area contributed by atoms with Crippen molar-refractivity contribution in [1.29, 1.82) is 0 Å². The molecule has 0 rings (SSSR count). The molecule has 0 heterocycles. The molecular formula is C73H138O17P2. The van der Waals surface area contributed by atoms with Crippen LogP contribution in [-0.4, -0.2) is 96.7 Å². The number of aliphatic hydroxyl groups excluding tert-OH is 1. The number of unbranched alkanes of at least 4 members (excludes halogenated alkanes) is 33. The van der Waals surface area contributed by atoms with Crippen LogP contribution in [0.3, 0.4) is 0 Å². The number of aliphatic hydroxyl groups is 1. The molecule has 0 aliphatic carbocycles. The van der Waals surface area contributed by atoms with E-state index < -0.39 is 97.5 Å². The molecule has 17 nitrogen and oxygen atoms in total. The Morgan fingerprint density at radius 3 is 0.967 bits per heavy atom. The van der Waals surface area contributed by atoms with Gasteiger partial charge in [-0.2, -0.15) is 0 Å². The summed E-state index contributed by atoms with van der Waals surface area (Å²) in [5, 5.41) is 10.6. The van der Waals surface area contributed by atoms with Gasteiger partial charge in [0, 0.05) is 25.7 Å². The molecule has 0 saturated heterocycles. The van der Waals surface area contributed by atoms with Crippen LogP contribution in [0.1, 0.15) is 344 Å². The van der Waals surface area contributed by atoms with Crippen molar-refractivity contribution in [3.05, 3.63) is 24.3 Å². The fraction of sp³-hybridized carbons (Fsp3) is 0.890. The second-order valence-corrected chi connectivity index (χ2v) is 29.7. The molecule has 3 N–H and O–H groups in total. The molecule has 0 aromatic heterocycles. The lowest BCUT2D eigenvalue weighted by atomic mass is 10.00. The first kappa shape index (κ1) is 89.5.